The van der Waals surface area contributed by atoms with Crippen molar-refractivity contribution in [3.63, 3.8) is 0 Å². The Morgan fingerprint density at radius 3 is 2.43 bits per heavy atom. The van der Waals surface area contributed by atoms with E-state index in [4.69, 9.17) is 0 Å². The third kappa shape index (κ3) is 4.33. The van der Waals surface area contributed by atoms with E-state index < -0.39 is 0 Å². The average Bonchev–Trinajstić information content (AvgIpc) is 2.38. The zero-order valence-corrected chi connectivity index (χ0v) is 13.3. The first kappa shape index (κ1) is 15.6. The number of nitrogens with zero attached hydrogens (tertiary/aromatic N) is 2. The maximum atomic E-state index is 13.7. The van der Waals surface area contributed by atoms with Crippen LogP contribution in [0.1, 0.15) is 37.7 Å². The second-order valence-electron chi connectivity index (χ2n) is 6.39. The molecule has 1 N–H and O–H groups in total. The summed E-state index contributed by atoms with van der Waals surface area (Å²) < 4.78 is 13.7. The van der Waals surface area contributed by atoms with Gasteiger partial charge in [0, 0.05) is 23.3 Å². The van der Waals surface area contributed by atoms with Gasteiger partial charge in [-0.3, -0.25) is 0 Å². The average molecular weight is 287 g/mol. The van der Waals surface area contributed by atoms with Crippen LogP contribution in [0.5, 0.6) is 0 Å². The minimum Gasteiger partial charge on any atom is -0.306 e. The molecule has 0 saturated heterocycles. The van der Waals surface area contributed by atoms with Gasteiger partial charge in [-0.25, -0.2) is 14.4 Å². The molecule has 0 fully saturated rings. The molecule has 1 aromatic carbocycles. The predicted octanol–water partition coefficient (Wildman–Crippen LogP) is 3.79. The van der Waals surface area contributed by atoms with Gasteiger partial charge in [0.15, 0.2) is 5.82 Å². The van der Waals surface area contributed by atoms with Crippen molar-refractivity contribution < 1.29 is 4.39 Å². The smallest absolute Gasteiger partial charge is 0.159 e. The quantitative estimate of drug-likeness (QED) is 0.933. The molecule has 4 heteroatoms. The Hall–Kier alpha value is -1.81. The number of hydrogen-bond donors (Lipinski definition) is 1. The van der Waals surface area contributed by atoms with Gasteiger partial charge in [0.25, 0.3) is 0 Å². The largest absolute Gasteiger partial charge is 0.306 e. The SMILES string of the molecule is Cc1cc(CNC(C)(C)C)nc(-c2ccc(C)c(F)c2)n1. The zero-order valence-electron chi connectivity index (χ0n) is 13.3. The molecule has 0 spiro atoms. The van der Waals surface area contributed by atoms with Crippen LogP contribution in [-0.4, -0.2) is 15.5 Å². The van der Waals surface area contributed by atoms with Gasteiger partial charge < -0.3 is 5.32 Å². The van der Waals surface area contributed by atoms with E-state index >= 15 is 0 Å². The Labute approximate surface area is 125 Å². The van der Waals surface area contributed by atoms with E-state index in [9.17, 15) is 4.39 Å². The van der Waals surface area contributed by atoms with Crippen LogP contribution in [0.2, 0.25) is 0 Å². The van der Waals surface area contributed by atoms with E-state index in [1.807, 2.05) is 19.1 Å². The van der Waals surface area contributed by atoms with Crippen LogP contribution in [0.3, 0.4) is 0 Å². The first-order valence-corrected chi connectivity index (χ1v) is 7.11. The molecule has 1 aromatic heterocycles. The molecule has 0 amide bonds. The number of aromatic nitrogens is 2. The van der Waals surface area contributed by atoms with Crippen molar-refractivity contribution in [1.29, 1.82) is 0 Å². The fraction of sp³-hybridized carbons (Fsp3) is 0.412. The van der Waals surface area contributed by atoms with Crippen LogP contribution < -0.4 is 5.32 Å². The third-order valence-electron chi connectivity index (χ3n) is 3.14. The van der Waals surface area contributed by atoms with Gasteiger partial charge in [-0.2, -0.15) is 0 Å². The van der Waals surface area contributed by atoms with Gasteiger partial charge in [0.1, 0.15) is 5.82 Å². The van der Waals surface area contributed by atoms with Crippen molar-refractivity contribution in [3.8, 4) is 11.4 Å². The number of hydrogen-bond acceptors (Lipinski definition) is 3. The molecular formula is C17H22FN3. The number of aryl methyl sites for hydroxylation is 2. The van der Waals surface area contributed by atoms with Gasteiger partial charge >= 0.3 is 0 Å². The molecule has 2 rings (SSSR count). The van der Waals surface area contributed by atoms with Gasteiger partial charge in [-0.05, 0) is 52.3 Å². The first-order chi connectivity index (χ1) is 9.74. The number of nitrogens with one attached hydrogen (secondary N) is 1. The molecule has 0 unspecified atom stereocenters. The van der Waals surface area contributed by atoms with E-state index in [0.717, 1.165) is 11.4 Å². The summed E-state index contributed by atoms with van der Waals surface area (Å²) in [5.74, 6) is 0.339. The topological polar surface area (TPSA) is 37.8 Å². The summed E-state index contributed by atoms with van der Waals surface area (Å²) in [5, 5.41) is 3.40. The van der Waals surface area contributed by atoms with E-state index in [1.54, 1.807) is 13.0 Å². The number of benzene rings is 1. The summed E-state index contributed by atoms with van der Waals surface area (Å²) in [7, 11) is 0. The summed E-state index contributed by atoms with van der Waals surface area (Å²) >= 11 is 0. The number of halogens is 1. The summed E-state index contributed by atoms with van der Waals surface area (Å²) in [5.41, 5.74) is 3.15. The molecule has 0 bridgehead atoms. The van der Waals surface area contributed by atoms with Crippen LogP contribution in [0.4, 0.5) is 4.39 Å². The van der Waals surface area contributed by atoms with Crippen molar-refractivity contribution in [2.24, 2.45) is 0 Å². The zero-order chi connectivity index (χ0) is 15.6. The molecule has 0 radical (unpaired) electrons. The molecule has 2 aromatic rings. The molecule has 0 aliphatic heterocycles. The Morgan fingerprint density at radius 1 is 1.10 bits per heavy atom. The minimum absolute atomic E-state index is 0.0228. The molecule has 0 aliphatic carbocycles. The maximum Gasteiger partial charge on any atom is 0.159 e. The highest BCUT2D eigenvalue weighted by atomic mass is 19.1. The fourth-order valence-electron chi connectivity index (χ4n) is 1.94. The highest BCUT2D eigenvalue weighted by Gasteiger charge is 2.11. The second kappa shape index (κ2) is 5.90. The van der Waals surface area contributed by atoms with Crippen LogP contribution in [0.15, 0.2) is 24.3 Å². The summed E-state index contributed by atoms with van der Waals surface area (Å²) in [6.07, 6.45) is 0. The van der Waals surface area contributed by atoms with E-state index in [1.165, 1.54) is 6.07 Å². The third-order valence-corrected chi connectivity index (χ3v) is 3.14. The van der Waals surface area contributed by atoms with Gasteiger partial charge in [0.2, 0.25) is 0 Å². The van der Waals surface area contributed by atoms with Gasteiger partial charge in [-0.1, -0.05) is 12.1 Å². The first-order valence-electron chi connectivity index (χ1n) is 7.11. The summed E-state index contributed by atoms with van der Waals surface area (Å²) in [4.78, 5) is 8.95. The lowest BCUT2D eigenvalue weighted by Crippen LogP contribution is -2.35. The predicted molar refractivity (Wildman–Crippen MR) is 83.5 cm³/mol. The molecular weight excluding hydrogens is 265 g/mol. The normalized spacial score (nSPS) is 11.7. The van der Waals surface area contributed by atoms with Crippen molar-refractivity contribution >= 4 is 0 Å². The standard InChI is InChI=1S/C17H22FN3/c1-11-6-7-13(9-15(11)18)16-20-12(2)8-14(21-16)10-19-17(3,4)5/h6-9,19H,10H2,1-5H3. The van der Waals surface area contributed by atoms with Crippen molar-refractivity contribution in [2.45, 2.75) is 46.7 Å². The molecule has 112 valence electrons. The van der Waals surface area contributed by atoms with Crippen LogP contribution in [0, 0.1) is 19.7 Å². The molecule has 0 aliphatic rings. The molecule has 3 nitrogen and oxygen atoms in total. The van der Waals surface area contributed by atoms with Gasteiger partial charge in [0.05, 0.1) is 5.69 Å². The fourth-order valence-corrected chi connectivity index (χ4v) is 1.94. The second-order valence-corrected chi connectivity index (χ2v) is 6.39. The summed E-state index contributed by atoms with van der Waals surface area (Å²) in [6.45, 7) is 10.7. The molecule has 21 heavy (non-hydrogen) atoms. The molecule has 0 atom stereocenters. The van der Waals surface area contributed by atoms with Crippen LogP contribution >= 0.6 is 0 Å². The van der Waals surface area contributed by atoms with E-state index in [2.05, 4.69) is 36.1 Å². The highest BCUT2D eigenvalue weighted by molar-refractivity contribution is 5.56. The summed E-state index contributed by atoms with van der Waals surface area (Å²) in [6, 6.07) is 7.05. The Kier molecular flexibility index (Phi) is 4.37. The van der Waals surface area contributed by atoms with Gasteiger partial charge in [-0.15, -0.1) is 0 Å². The van der Waals surface area contributed by atoms with E-state index in [0.29, 0.717) is 23.5 Å². The lowest BCUT2D eigenvalue weighted by Gasteiger charge is -2.20. The highest BCUT2D eigenvalue weighted by Crippen LogP contribution is 2.19. The Balaban J connectivity index is 2.32. The lowest BCUT2D eigenvalue weighted by atomic mass is 10.1. The van der Waals surface area contributed by atoms with E-state index in [-0.39, 0.29) is 11.4 Å². The maximum absolute atomic E-state index is 13.7. The number of rotatable bonds is 3. The Morgan fingerprint density at radius 2 is 1.81 bits per heavy atom. The minimum atomic E-state index is -0.230. The lowest BCUT2D eigenvalue weighted by molar-refractivity contribution is 0.421. The monoisotopic (exact) mass is 287 g/mol. The Bertz CT molecular complexity index is 645. The van der Waals surface area contributed by atoms with Crippen LogP contribution in [0.25, 0.3) is 11.4 Å². The van der Waals surface area contributed by atoms with Crippen molar-refractivity contribution in [2.75, 3.05) is 0 Å². The van der Waals surface area contributed by atoms with Crippen molar-refractivity contribution in [3.05, 3.63) is 47.0 Å². The van der Waals surface area contributed by atoms with Crippen molar-refractivity contribution in [1.82, 2.24) is 15.3 Å². The molecule has 1 heterocycles. The van der Waals surface area contributed by atoms with Crippen LogP contribution in [-0.2, 0) is 6.54 Å². The molecule has 0 saturated carbocycles.